The average Bonchev–Trinajstić information content (AvgIpc) is 3.34. The number of thiazole rings is 1. The molecule has 4 aromatic rings. The molecule has 0 N–H and O–H groups in total. The van der Waals surface area contributed by atoms with Gasteiger partial charge in [0.25, 0.3) is 5.91 Å². The number of hydrogen-bond acceptors (Lipinski definition) is 6. The summed E-state index contributed by atoms with van der Waals surface area (Å²) in [5, 5.41) is 0.658. The minimum atomic E-state index is -3.68. The third-order valence-corrected chi connectivity index (χ3v) is 10.0. The van der Waals surface area contributed by atoms with Crippen molar-refractivity contribution in [2.45, 2.75) is 38.1 Å². The fourth-order valence-corrected chi connectivity index (χ4v) is 7.64. The molecular formula is C30H35ClN4O3S2. The molecule has 40 heavy (non-hydrogen) atoms. The van der Waals surface area contributed by atoms with E-state index in [1.807, 2.05) is 39.2 Å². The molecule has 1 amide bonds. The van der Waals surface area contributed by atoms with Crippen molar-refractivity contribution in [1.82, 2.24) is 14.2 Å². The van der Waals surface area contributed by atoms with Crippen LogP contribution < -0.4 is 4.90 Å². The van der Waals surface area contributed by atoms with Crippen molar-refractivity contribution in [3.63, 3.8) is 0 Å². The van der Waals surface area contributed by atoms with Crippen molar-refractivity contribution in [3.8, 4) is 0 Å². The Balaban J connectivity index is 0.00000370. The van der Waals surface area contributed by atoms with Gasteiger partial charge in [-0.05, 0) is 99.9 Å². The van der Waals surface area contributed by atoms with Gasteiger partial charge in [-0.2, -0.15) is 4.31 Å². The van der Waals surface area contributed by atoms with Crippen molar-refractivity contribution in [1.29, 1.82) is 0 Å². The summed E-state index contributed by atoms with van der Waals surface area (Å²) in [7, 11) is 0.343. The van der Waals surface area contributed by atoms with Crippen LogP contribution in [-0.4, -0.2) is 62.2 Å². The molecule has 1 aliphatic heterocycles. The predicted molar refractivity (Wildman–Crippen MR) is 165 cm³/mol. The summed E-state index contributed by atoms with van der Waals surface area (Å²) in [6.07, 6.45) is 1.48. The number of benzene rings is 3. The molecule has 0 unspecified atom stereocenters. The lowest BCUT2D eigenvalue weighted by Crippen LogP contribution is -2.36. The molecule has 7 nitrogen and oxygen atoms in total. The maximum atomic E-state index is 13.8. The normalized spacial score (nSPS) is 13.7. The van der Waals surface area contributed by atoms with Crippen LogP contribution in [0, 0.1) is 13.8 Å². The van der Waals surface area contributed by atoms with Gasteiger partial charge in [-0.15, -0.1) is 12.4 Å². The van der Waals surface area contributed by atoms with Crippen LogP contribution in [-0.2, 0) is 23.0 Å². The smallest absolute Gasteiger partial charge is 0.260 e. The van der Waals surface area contributed by atoms with Crippen LogP contribution >= 0.6 is 23.7 Å². The Morgan fingerprint density at radius 1 is 1.00 bits per heavy atom. The number of sulfonamides is 1. The zero-order valence-electron chi connectivity index (χ0n) is 23.3. The number of amides is 1. The van der Waals surface area contributed by atoms with Gasteiger partial charge in [-0.25, -0.2) is 13.4 Å². The first-order valence-electron chi connectivity index (χ1n) is 13.1. The van der Waals surface area contributed by atoms with E-state index >= 15 is 0 Å². The highest BCUT2D eigenvalue weighted by Gasteiger charge is 2.29. The minimum absolute atomic E-state index is 0. The number of nitrogens with zero attached hydrogens (tertiary/aromatic N) is 4. The third kappa shape index (κ3) is 6.24. The number of carbonyl (C=O) groups excluding carboxylic acids is 1. The van der Waals surface area contributed by atoms with E-state index in [4.69, 9.17) is 4.98 Å². The summed E-state index contributed by atoms with van der Waals surface area (Å²) >= 11 is 1.51. The maximum absolute atomic E-state index is 13.8. The van der Waals surface area contributed by atoms with Gasteiger partial charge < -0.3 is 4.90 Å². The molecule has 10 heteroatoms. The molecule has 0 fully saturated rings. The van der Waals surface area contributed by atoms with Gasteiger partial charge >= 0.3 is 0 Å². The molecule has 1 aliphatic rings. The van der Waals surface area contributed by atoms with Gasteiger partial charge in [0.2, 0.25) is 10.0 Å². The van der Waals surface area contributed by atoms with Gasteiger partial charge in [0.05, 0.1) is 15.1 Å². The maximum Gasteiger partial charge on any atom is 0.260 e. The van der Waals surface area contributed by atoms with Gasteiger partial charge in [0.1, 0.15) is 0 Å². The summed E-state index contributed by atoms with van der Waals surface area (Å²) in [5.74, 6) is -0.182. The number of aromatic nitrogens is 1. The lowest BCUT2D eigenvalue weighted by atomic mass is 10.0. The Bertz CT molecular complexity index is 1620. The molecule has 0 saturated carbocycles. The zero-order chi connectivity index (χ0) is 27.7. The van der Waals surface area contributed by atoms with Crippen molar-refractivity contribution < 1.29 is 13.2 Å². The molecule has 0 spiro atoms. The van der Waals surface area contributed by atoms with Crippen molar-refractivity contribution in [2.24, 2.45) is 0 Å². The highest BCUT2D eigenvalue weighted by Crippen LogP contribution is 2.33. The zero-order valence-corrected chi connectivity index (χ0v) is 25.7. The van der Waals surface area contributed by atoms with Crippen LogP contribution in [0.1, 0.15) is 39.0 Å². The molecule has 1 aromatic heterocycles. The van der Waals surface area contributed by atoms with E-state index in [-0.39, 0.29) is 23.2 Å². The number of anilines is 1. The molecule has 0 radical (unpaired) electrons. The number of aryl methyl sites for hydroxylation is 2. The van der Waals surface area contributed by atoms with Crippen LogP contribution in [0.3, 0.4) is 0 Å². The van der Waals surface area contributed by atoms with Gasteiger partial charge in [0.15, 0.2) is 5.13 Å². The number of hydrogen-bond donors (Lipinski definition) is 0. The third-order valence-electron chi connectivity index (χ3n) is 7.12. The Labute approximate surface area is 246 Å². The van der Waals surface area contributed by atoms with Crippen LogP contribution in [0.4, 0.5) is 5.13 Å². The van der Waals surface area contributed by atoms with Crippen molar-refractivity contribution >= 4 is 55.0 Å². The molecule has 3 aromatic carbocycles. The molecule has 0 atom stereocenters. The fraction of sp³-hybridized carbons (Fsp3) is 0.333. The largest absolute Gasteiger partial charge is 0.309 e. The van der Waals surface area contributed by atoms with Gasteiger partial charge in [0, 0.05) is 25.2 Å². The van der Waals surface area contributed by atoms with E-state index in [0.717, 1.165) is 39.9 Å². The van der Waals surface area contributed by atoms with Gasteiger partial charge in [-0.3, -0.25) is 9.69 Å². The van der Waals surface area contributed by atoms with Crippen LogP contribution in [0.2, 0.25) is 0 Å². The Morgan fingerprint density at radius 3 is 2.40 bits per heavy atom. The average molecular weight is 599 g/mol. The second-order valence-electron chi connectivity index (χ2n) is 10.4. The summed E-state index contributed by atoms with van der Waals surface area (Å²) in [5.41, 5.74) is 5.83. The van der Waals surface area contributed by atoms with E-state index in [2.05, 4.69) is 30.0 Å². The van der Waals surface area contributed by atoms with E-state index in [0.29, 0.717) is 36.8 Å². The second kappa shape index (κ2) is 12.4. The first-order valence-corrected chi connectivity index (χ1v) is 15.4. The first-order chi connectivity index (χ1) is 18.6. The first kappa shape index (κ1) is 30.1. The Morgan fingerprint density at radius 2 is 1.70 bits per heavy atom. The molecule has 0 saturated heterocycles. The molecule has 5 rings (SSSR count). The fourth-order valence-electron chi connectivity index (χ4n) is 5.05. The topological polar surface area (TPSA) is 73.8 Å². The molecular weight excluding hydrogens is 564 g/mol. The highest BCUT2D eigenvalue weighted by molar-refractivity contribution is 7.89. The van der Waals surface area contributed by atoms with E-state index in [1.165, 1.54) is 21.2 Å². The predicted octanol–water partition coefficient (Wildman–Crippen LogP) is 5.68. The number of fused-ring (bicyclic) bond motifs is 2. The molecule has 0 aliphatic carbocycles. The monoisotopic (exact) mass is 598 g/mol. The molecule has 0 bridgehead atoms. The highest BCUT2D eigenvalue weighted by atomic mass is 35.5. The quantitative estimate of drug-likeness (QED) is 0.261. The minimum Gasteiger partial charge on any atom is -0.309 e. The van der Waals surface area contributed by atoms with E-state index < -0.39 is 10.0 Å². The van der Waals surface area contributed by atoms with Crippen molar-refractivity contribution in [3.05, 3.63) is 88.5 Å². The standard InChI is InChI=1S/C30H34N4O3S2.ClH/c1-21-18-22(2)28-27(19-21)38-30(31-28)34(16-7-15-32(3)4)29(35)24-10-12-26(13-11-24)39(36,37)33-17-14-23-8-5-6-9-25(23)20-33;/h5-6,8-13,18-19H,7,14-17,20H2,1-4H3;1H. The Kier molecular flexibility index (Phi) is 9.32. The van der Waals surface area contributed by atoms with Gasteiger partial charge in [-0.1, -0.05) is 41.7 Å². The lowest BCUT2D eigenvalue weighted by molar-refractivity contribution is 0.0986. The summed E-state index contributed by atoms with van der Waals surface area (Å²) < 4.78 is 29.4. The van der Waals surface area contributed by atoms with Crippen LogP contribution in [0.5, 0.6) is 0 Å². The number of rotatable bonds is 8. The number of halogens is 1. The summed E-state index contributed by atoms with van der Waals surface area (Å²) in [6, 6.07) is 18.5. The lowest BCUT2D eigenvalue weighted by Gasteiger charge is -2.28. The molecule has 212 valence electrons. The summed E-state index contributed by atoms with van der Waals surface area (Å²) in [4.78, 5) is 22.6. The van der Waals surface area contributed by atoms with Crippen molar-refractivity contribution in [2.75, 3.05) is 38.6 Å². The second-order valence-corrected chi connectivity index (χ2v) is 13.4. The van der Waals surface area contributed by atoms with E-state index in [9.17, 15) is 13.2 Å². The summed E-state index contributed by atoms with van der Waals surface area (Å²) in [6.45, 7) is 6.25. The van der Waals surface area contributed by atoms with Crippen LogP contribution in [0.25, 0.3) is 10.2 Å². The molecule has 2 heterocycles. The van der Waals surface area contributed by atoms with E-state index in [1.54, 1.807) is 29.2 Å². The number of carbonyl (C=O) groups is 1. The Hall–Kier alpha value is -2.82. The van der Waals surface area contributed by atoms with Crippen LogP contribution in [0.15, 0.2) is 65.6 Å². The SMILES string of the molecule is Cc1cc(C)c2nc(N(CCCN(C)C)C(=O)c3ccc(S(=O)(=O)N4CCc5ccccc5C4)cc3)sc2c1.Cl.